The van der Waals surface area contributed by atoms with Crippen molar-refractivity contribution >= 4 is 86.6 Å². The maximum absolute atomic E-state index is 14.5. The summed E-state index contributed by atoms with van der Waals surface area (Å²) in [4.78, 5) is 148. The molecule has 68 heavy (non-hydrogen) atoms. The van der Waals surface area contributed by atoms with Crippen LogP contribution in [0.1, 0.15) is 84.6 Å². The van der Waals surface area contributed by atoms with Gasteiger partial charge in [-0.05, 0) is 55.2 Å². The third kappa shape index (κ3) is 18.5. The average molecular weight is 992 g/mol. The van der Waals surface area contributed by atoms with Crippen LogP contribution in [0.15, 0.2) is 24.3 Å². The third-order valence-corrected chi connectivity index (χ3v) is 13.5. The molecular formula is C43H65N11O12S2. The molecule has 1 aromatic carbocycles. The van der Waals surface area contributed by atoms with Gasteiger partial charge in [-0.1, -0.05) is 67.8 Å². The molecule has 0 bridgehead atoms. The summed E-state index contributed by atoms with van der Waals surface area (Å²) in [5, 5.41) is 27.8. The second kappa shape index (κ2) is 27.6. The van der Waals surface area contributed by atoms with Gasteiger partial charge in [0.05, 0.1) is 13.0 Å². The lowest BCUT2D eigenvalue weighted by Crippen LogP contribution is -2.61. The Balaban J connectivity index is 2.02. The number of carbonyl (C=O) groups is 11. The van der Waals surface area contributed by atoms with Crippen LogP contribution in [0.2, 0.25) is 0 Å². The van der Waals surface area contributed by atoms with Gasteiger partial charge in [-0.25, -0.2) is 0 Å². The summed E-state index contributed by atoms with van der Waals surface area (Å²) in [6, 6.07) is -3.44. The van der Waals surface area contributed by atoms with E-state index in [9.17, 15) is 57.8 Å². The molecule has 2 aliphatic rings. The van der Waals surface area contributed by atoms with E-state index in [4.69, 9.17) is 17.2 Å². The predicted octanol–water partition coefficient (Wildman–Crippen LogP) is -2.55. The SMILES string of the molecule is CC[C@H](C)[C@H]1NC(=O)[C@H](Cc2ccc(O)cc2)NC(=O)CCSSC[C@H](C(=O)N2CCC[C@H]2C(=O)N[C@@H](CC(C)C)C(=O)NCC(N)=O)NC(=O)[C@H](CC(N)=O)NC(=O)[C@H](CCC(N)=O)NC1=O. The molecule has 0 aromatic heterocycles. The van der Waals surface area contributed by atoms with Crippen molar-refractivity contribution in [1.82, 2.24) is 42.1 Å². The summed E-state index contributed by atoms with van der Waals surface area (Å²) in [7, 11) is 2.24. The molecule has 1 aromatic rings. The average Bonchev–Trinajstić information content (AvgIpc) is 3.77. The molecule has 2 fully saturated rings. The Labute approximate surface area is 402 Å². The Kier molecular flexibility index (Phi) is 22.9. The van der Waals surface area contributed by atoms with E-state index in [1.807, 2.05) is 13.8 Å². The molecule has 14 N–H and O–H groups in total. The molecule has 0 spiro atoms. The molecule has 0 aliphatic carbocycles. The van der Waals surface area contributed by atoms with Gasteiger partial charge in [0.2, 0.25) is 65.0 Å². The molecule has 2 heterocycles. The Morgan fingerprint density at radius 1 is 0.809 bits per heavy atom. The van der Waals surface area contributed by atoms with Gasteiger partial charge >= 0.3 is 0 Å². The fraction of sp³-hybridized carbons (Fsp3) is 0.605. The molecule has 0 radical (unpaired) electrons. The molecule has 0 saturated carbocycles. The summed E-state index contributed by atoms with van der Waals surface area (Å²) < 4.78 is 0. The highest BCUT2D eigenvalue weighted by Gasteiger charge is 2.41. The molecule has 11 amide bonds. The number of nitrogens with zero attached hydrogens (tertiary/aromatic N) is 1. The van der Waals surface area contributed by atoms with Crippen LogP contribution in [0.25, 0.3) is 0 Å². The van der Waals surface area contributed by atoms with E-state index in [1.165, 1.54) is 17.0 Å². The zero-order chi connectivity index (χ0) is 50.7. The first-order valence-electron chi connectivity index (χ1n) is 22.4. The number of nitrogens with one attached hydrogen (secondary N) is 7. The van der Waals surface area contributed by atoms with Crippen LogP contribution in [0.4, 0.5) is 0 Å². The van der Waals surface area contributed by atoms with Crippen molar-refractivity contribution in [3.05, 3.63) is 29.8 Å². The lowest BCUT2D eigenvalue weighted by atomic mass is 9.96. The fourth-order valence-electron chi connectivity index (χ4n) is 7.33. The van der Waals surface area contributed by atoms with E-state index in [2.05, 4.69) is 37.2 Å². The zero-order valence-electron chi connectivity index (χ0n) is 38.6. The maximum atomic E-state index is 14.5. The van der Waals surface area contributed by atoms with Gasteiger partial charge in [-0.15, -0.1) is 0 Å². The maximum Gasteiger partial charge on any atom is 0.246 e. The molecule has 2 saturated heterocycles. The highest BCUT2D eigenvalue weighted by Crippen LogP contribution is 2.26. The van der Waals surface area contributed by atoms with Crippen molar-refractivity contribution in [1.29, 1.82) is 0 Å². The fourth-order valence-corrected chi connectivity index (χ4v) is 9.47. The minimum absolute atomic E-state index is 0.0255. The van der Waals surface area contributed by atoms with Crippen molar-refractivity contribution < 1.29 is 57.8 Å². The lowest BCUT2D eigenvalue weighted by Gasteiger charge is -2.31. The second-order valence-electron chi connectivity index (χ2n) is 17.1. The van der Waals surface area contributed by atoms with Gasteiger partial charge in [-0.3, -0.25) is 52.7 Å². The van der Waals surface area contributed by atoms with Crippen molar-refractivity contribution in [2.24, 2.45) is 29.0 Å². The van der Waals surface area contributed by atoms with E-state index in [-0.39, 0.29) is 61.8 Å². The van der Waals surface area contributed by atoms with Gasteiger partial charge in [0.1, 0.15) is 48.0 Å². The first kappa shape index (κ1) is 56.2. The largest absolute Gasteiger partial charge is 0.508 e. The van der Waals surface area contributed by atoms with Crippen LogP contribution in [0, 0.1) is 11.8 Å². The smallest absolute Gasteiger partial charge is 0.246 e. The monoisotopic (exact) mass is 991 g/mol. The Hall–Kier alpha value is -6.11. The number of hydrogen-bond acceptors (Lipinski definition) is 14. The van der Waals surface area contributed by atoms with Crippen molar-refractivity contribution in [3.8, 4) is 5.75 Å². The number of benzene rings is 1. The number of aromatic hydroxyl groups is 1. The lowest BCUT2D eigenvalue weighted by molar-refractivity contribution is -0.142. The summed E-state index contributed by atoms with van der Waals surface area (Å²) in [5.74, 6) is -9.59. The van der Waals surface area contributed by atoms with Crippen LogP contribution >= 0.6 is 21.6 Å². The minimum Gasteiger partial charge on any atom is -0.508 e. The van der Waals surface area contributed by atoms with Crippen LogP contribution < -0.4 is 54.4 Å². The molecule has 23 nitrogen and oxygen atoms in total. The highest BCUT2D eigenvalue weighted by molar-refractivity contribution is 8.76. The highest BCUT2D eigenvalue weighted by atomic mass is 33.1. The second-order valence-corrected chi connectivity index (χ2v) is 19.8. The number of likely N-dealkylation sites (tertiary alicyclic amines) is 1. The van der Waals surface area contributed by atoms with Crippen LogP contribution in [-0.4, -0.2) is 142 Å². The minimum atomic E-state index is -1.73. The van der Waals surface area contributed by atoms with Gasteiger partial charge in [-0.2, -0.15) is 0 Å². The number of hydrogen-bond donors (Lipinski definition) is 11. The molecule has 3 rings (SSSR count). The molecule has 376 valence electrons. The summed E-state index contributed by atoms with van der Waals surface area (Å²) in [5.41, 5.74) is 16.7. The van der Waals surface area contributed by atoms with E-state index in [0.717, 1.165) is 21.6 Å². The quantitative estimate of drug-likeness (QED) is 0.0717. The number of phenols is 1. The predicted molar refractivity (Wildman–Crippen MR) is 251 cm³/mol. The zero-order valence-corrected chi connectivity index (χ0v) is 40.3. The van der Waals surface area contributed by atoms with Crippen LogP contribution in [-0.2, 0) is 59.2 Å². The Bertz CT molecular complexity index is 2010. The first-order valence-corrected chi connectivity index (χ1v) is 24.8. The number of carbonyl (C=O) groups excluding carboxylic acids is 11. The topological polar surface area (TPSA) is 374 Å². The van der Waals surface area contributed by atoms with Gasteiger partial charge in [0.15, 0.2) is 0 Å². The van der Waals surface area contributed by atoms with Crippen LogP contribution in [0.5, 0.6) is 5.75 Å². The van der Waals surface area contributed by atoms with Crippen molar-refractivity contribution in [2.45, 2.75) is 128 Å². The molecular weight excluding hydrogens is 927 g/mol. The third-order valence-electron chi connectivity index (χ3n) is 11.1. The Morgan fingerprint density at radius 3 is 2.07 bits per heavy atom. The molecule has 8 atom stereocenters. The Morgan fingerprint density at radius 2 is 1.46 bits per heavy atom. The number of rotatable bonds is 17. The van der Waals surface area contributed by atoms with Gasteiger partial charge < -0.3 is 64.4 Å². The first-order chi connectivity index (χ1) is 32.1. The van der Waals surface area contributed by atoms with E-state index in [1.54, 1.807) is 26.0 Å². The van der Waals surface area contributed by atoms with E-state index >= 15 is 0 Å². The standard InChI is InChI=1S/C43H65N11O12S2/c1-5-23(4)36-42(65)49-26(12-13-32(44)56)38(61)50-29(19-33(45)57)39(62)52-30(21-68-67-16-14-35(59)48-28(40(63)53-36)18-24-8-10-25(55)11-9-24)43(66)54-15-6-7-31(54)41(64)51-27(17-22(2)3)37(60)47-20-34(46)58/h8-11,22-23,26-31,36,55H,5-7,12-21H2,1-4H3,(H2,44,56)(H2,45,57)(H2,46,58)(H,47,60)(H,48,59)(H,49,65)(H,50,61)(H,51,64)(H,52,62)(H,53,63)/t23-,26-,27-,28-,29-,30+,31-,36+/m0/s1. The normalized spacial score (nSPS) is 23.4. The summed E-state index contributed by atoms with van der Waals surface area (Å²) in [6.45, 7) is 6.68. The van der Waals surface area contributed by atoms with Crippen molar-refractivity contribution in [3.63, 3.8) is 0 Å². The van der Waals surface area contributed by atoms with E-state index < -0.39 is 133 Å². The summed E-state index contributed by atoms with van der Waals surface area (Å²) in [6.07, 6.45) is -0.630. The van der Waals surface area contributed by atoms with Crippen molar-refractivity contribution in [2.75, 3.05) is 24.6 Å². The number of amides is 11. The van der Waals surface area contributed by atoms with Crippen LogP contribution in [0.3, 0.4) is 0 Å². The molecule has 2 aliphatic heterocycles. The van der Waals surface area contributed by atoms with Gasteiger partial charge in [0.25, 0.3) is 0 Å². The number of phenolic OH excluding ortho intramolecular Hbond substituents is 1. The number of primary amides is 3. The van der Waals surface area contributed by atoms with E-state index in [0.29, 0.717) is 18.4 Å². The molecule has 25 heteroatoms. The number of nitrogens with two attached hydrogens (primary N) is 3. The van der Waals surface area contributed by atoms with Gasteiger partial charge in [0, 0.05) is 37.3 Å². The summed E-state index contributed by atoms with van der Waals surface area (Å²) >= 11 is 0. The molecule has 0 unspecified atom stereocenters.